The van der Waals surface area contributed by atoms with E-state index in [1.807, 2.05) is 0 Å². The summed E-state index contributed by atoms with van der Waals surface area (Å²) in [7, 11) is 0. The summed E-state index contributed by atoms with van der Waals surface area (Å²) < 4.78 is 1.21. The molecular weight excluding hydrogens is 238 g/mol. The molecule has 14 heavy (non-hydrogen) atoms. The van der Waals surface area contributed by atoms with Crippen LogP contribution in [0.15, 0.2) is 28.7 Å². The number of nitrogens with one attached hydrogen (secondary N) is 1. The fourth-order valence-electron chi connectivity index (χ4n) is 1.48. The summed E-state index contributed by atoms with van der Waals surface area (Å²) >= 11 is 3.58. The Morgan fingerprint density at radius 2 is 2.07 bits per heavy atom. The van der Waals surface area contributed by atoms with Crippen LogP contribution in [0.3, 0.4) is 0 Å². The van der Waals surface area contributed by atoms with Crippen molar-refractivity contribution in [2.45, 2.75) is 26.2 Å². The zero-order valence-corrected chi connectivity index (χ0v) is 10.5. The first-order valence-corrected chi connectivity index (χ1v) is 6.00. The molecule has 1 atom stereocenters. The average molecular weight is 256 g/mol. The summed E-state index contributed by atoms with van der Waals surface area (Å²) in [5, 5.41) is 3.44. The molecule has 1 rings (SSSR count). The van der Waals surface area contributed by atoms with Gasteiger partial charge in [0.05, 0.1) is 0 Å². The van der Waals surface area contributed by atoms with Gasteiger partial charge >= 0.3 is 0 Å². The standard InChI is InChI=1S/C12H18BrN/c1-3-8-14-9-10(2)11-6-4-5-7-12(11)13/h4-7,10,14H,3,8-9H2,1-2H3. The maximum absolute atomic E-state index is 3.58. The van der Waals surface area contributed by atoms with E-state index >= 15 is 0 Å². The highest BCUT2D eigenvalue weighted by Gasteiger charge is 2.07. The van der Waals surface area contributed by atoms with Crippen LogP contribution in [0, 0.1) is 0 Å². The lowest BCUT2D eigenvalue weighted by Gasteiger charge is -2.14. The Bertz CT molecular complexity index is 273. The lowest BCUT2D eigenvalue weighted by molar-refractivity contribution is 0.608. The molecule has 0 spiro atoms. The van der Waals surface area contributed by atoms with Crippen LogP contribution in [-0.4, -0.2) is 13.1 Å². The van der Waals surface area contributed by atoms with E-state index in [-0.39, 0.29) is 0 Å². The van der Waals surface area contributed by atoms with Crippen LogP contribution in [0.5, 0.6) is 0 Å². The molecule has 2 heteroatoms. The first-order chi connectivity index (χ1) is 6.75. The van der Waals surface area contributed by atoms with E-state index < -0.39 is 0 Å². The van der Waals surface area contributed by atoms with Crippen LogP contribution in [0.1, 0.15) is 31.7 Å². The summed E-state index contributed by atoms with van der Waals surface area (Å²) in [5.74, 6) is 0.567. The fourth-order valence-corrected chi connectivity index (χ4v) is 2.16. The Morgan fingerprint density at radius 1 is 1.36 bits per heavy atom. The van der Waals surface area contributed by atoms with Gasteiger partial charge in [0.15, 0.2) is 0 Å². The molecule has 0 amide bonds. The molecule has 0 saturated heterocycles. The van der Waals surface area contributed by atoms with Crippen molar-refractivity contribution in [3.63, 3.8) is 0 Å². The highest BCUT2D eigenvalue weighted by atomic mass is 79.9. The van der Waals surface area contributed by atoms with Crippen molar-refractivity contribution in [2.75, 3.05) is 13.1 Å². The smallest absolute Gasteiger partial charge is 0.0210 e. The van der Waals surface area contributed by atoms with E-state index in [1.54, 1.807) is 0 Å². The second-order valence-electron chi connectivity index (χ2n) is 3.63. The Labute approximate surface area is 95.0 Å². The fraction of sp³-hybridized carbons (Fsp3) is 0.500. The van der Waals surface area contributed by atoms with Gasteiger partial charge in [0.2, 0.25) is 0 Å². The molecule has 1 unspecified atom stereocenters. The normalized spacial score (nSPS) is 12.8. The number of benzene rings is 1. The largest absolute Gasteiger partial charge is 0.316 e. The third kappa shape index (κ3) is 3.43. The van der Waals surface area contributed by atoms with Crippen molar-refractivity contribution < 1.29 is 0 Å². The summed E-state index contributed by atoms with van der Waals surface area (Å²) in [6.07, 6.45) is 1.20. The Hall–Kier alpha value is -0.340. The Balaban J connectivity index is 2.51. The lowest BCUT2D eigenvalue weighted by atomic mass is 10.0. The van der Waals surface area contributed by atoms with Gasteiger partial charge in [0.25, 0.3) is 0 Å². The molecule has 1 aromatic rings. The van der Waals surface area contributed by atoms with Gasteiger partial charge in [0.1, 0.15) is 0 Å². The van der Waals surface area contributed by atoms with Crippen molar-refractivity contribution in [3.05, 3.63) is 34.3 Å². The quantitative estimate of drug-likeness (QED) is 0.794. The molecule has 1 nitrogen and oxygen atoms in total. The van der Waals surface area contributed by atoms with Crippen LogP contribution >= 0.6 is 15.9 Å². The molecule has 0 fully saturated rings. The number of rotatable bonds is 5. The predicted molar refractivity (Wildman–Crippen MR) is 65.7 cm³/mol. The van der Waals surface area contributed by atoms with Crippen LogP contribution in [-0.2, 0) is 0 Å². The van der Waals surface area contributed by atoms with Crippen molar-refractivity contribution in [2.24, 2.45) is 0 Å². The van der Waals surface area contributed by atoms with Gasteiger partial charge in [-0.25, -0.2) is 0 Å². The molecule has 0 saturated carbocycles. The van der Waals surface area contributed by atoms with Crippen molar-refractivity contribution >= 4 is 15.9 Å². The summed E-state index contributed by atoms with van der Waals surface area (Å²) in [4.78, 5) is 0. The van der Waals surface area contributed by atoms with Crippen molar-refractivity contribution in [3.8, 4) is 0 Å². The second-order valence-corrected chi connectivity index (χ2v) is 4.48. The first-order valence-electron chi connectivity index (χ1n) is 5.20. The number of halogens is 1. The molecule has 1 N–H and O–H groups in total. The minimum Gasteiger partial charge on any atom is -0.316 e. The summed E-state index contributed by atoms with van der Waals surface area (Å²) in [6.45, 7) is 6.60. The topological polar surface area (TPSA) is 12.0 Å². The molecular formula is C12H18BrN. The van der Waals surface area contributed by atoms with Gasteiger partial charge < -0.3 is 5.32 Å². The molecule has 0 radical (unpaired) electrons. The van der Waals surface area contributed by atoms with Gasteiger partial charge in [-0.1, -0.05) is 48.0 Å². The monoisotopic (exact) mass is 255 g/mol. The minimum atomic E-state index is 0.567. The molecule has 0 aromatic heterocycles. The molecule has 0 aliphatic heterocycles. The number of hydrogen-bond acceptors (Lipinski definition) is 1. The van der Waals surface area contributed by atoms with Crippen LogP contribution in [0.2, 0.25) is 0 Å². The van der Waals surface area contributed by atoms with E-state index in [0.29, 0.717) is 5.92 Å². The van der Waals surface area contributed by atoms with Crippen LogP contribution in [0.25, 0.3) is 0 Å². The second kappa shape index (κ2) is 6.20. The minimum absolute atomic E-state index is 0.567. The van der Waals surface area contributed by atoms with Gasteiger partial charge in [-0.3, -0.25) is 0 Å². The average Bonchev–Trinajstić information content (AvgIpc) is 2.18. The van der Waals surface area contributed by atoms with Crippen LogP contribution < -0.4 is 5.32 Å². The molecule has 0 heterocycles. The molecule has 0 aliphatic rings. The maximum atomic E-state index is 3.58. The molecule has 0 bridgehead atoms. The molecule has 78 valence electrons. The Morgan fingerprint density at radius 3 is 2.71 bits per heavy atom. The zero-order chi connectivity index (χ0) is 10.4. The SMILES string of the molecule is CCCNCC(C)c1ccccc1Br. The number of hydrogen-bond donors (Lipinski definition) is 1. The summed E-state index contributed by atoms with van der Waals surface area (Å²) in [6, 6.07) is 8.43. The third-order valence-corrected chi connectivity index (χ3v) is 3.04. The van der Waals surface area contributed by atoms with Gasteiger partial charge in [-0.2, -0.15) is 0 Å². The van der Waals surface area contributed by atoms with E-state index in [4.69, 9.17) is 0 Å². The highest BCUT2D eigenvalue weighted by Crippen LogP contribution is 2.23. The van der Waals surface area contributed by atoms with Gasteiger partial charge in [0, 0.05) is 11.0 Å². The third-order valence-electron chi connectivity index (χ3n) is 2.31. The summed E-state index contributed by atoms with van der Waals surface area (Å²) in [5.41, 5.74) is 1.39. The van der Waals surface area contributed by atoms with Gasteiger partial charge in [-0.15, -0.1) is 0 Å². The predicted octanol–water partition coefficient (Wildman–Crippen LogP) is 3.55. The maximum Gasteiger partial charge on any atom is 0.0210 e. The molecule has 1 aromatic carbocycles. The van der Waals surface area contributed by atoms with Crippen LogP contribution in [0.4, 0.5) is 0 Å². The van der Waals surface area contributed by atoms with Crippen molar-refractivity contribution in [1.29, 1.82) is 0 Å². The molecule has 0 aliphatic carbocycles. The highest BCUT2D eigenvalue weighted by molar-refractivity contribution is 9.10. The zero-order valence-electron chi connectivity index (χ0n) is 8.89. The lowest BCUT2D eigenvalue weighted by Crippen LogP contribution is -2.20. The first kappa shape index (κ1) is 11.7. The Kier molecular flexibility index (Phi) is 5.20. The van der Waals surface area contributed by atoms with E-state index in [1.165, 1.54) is 16.5 Å². The van der Waals surface area contributed by atoms with Gasteiger partial charge in [-0.05, 0) is 30.5 Å². The van der Waals surface area contributed by atoms with E-state index in [0.717, 1.165) is 13.1 Å². The van der Waals surface area contributed by atoms with Crippen molar-refractivity contribution in [1.82, 2.24) is 5.32 Å². The van der Waals surface area contributed by atoms with E-state index in [9.17, 15) is 0 Å². The van der Waals surface area contributed by atoms with E-state index in [2.05, 4.69) is 59.4 Å².